The topological polar surface area (TPSA) is 47.0 Å². The van der Waals surface area contributed by atoms with Crippen LogP contribution in [0.2, 0.25) is 0 Å². The molecular weight excluding hydrogens is 206 g/mol. The standard InChI is InChI=1S/C8H13NO2S2/c1-8(2,3)6-13(10,11)7-4-5-12-9-7/h4-5H,6H2,1-3H3. The van der Waals surface area contributed by atoms with Crippen molar-refractivity contribution < 1.29 is 8.42 Å². The molecule has 0 unspecified atom stereocenters. The van der Waals surface area contributed by atoms with Gasteiger partial charge in [-0.1, -0.05) is 20.8 Å². The number of nitrogens with zero attached hydrogens (tertiary/aromatic N) is 1. The van der Waals surface area contributed by atoms with Crippen molar-refractivity contribution in [3.8, 4) is 0 Å². The van der Waals surface area contributed by atoms with Gasteiger partial charge in [0, 0.05) is 5.38 Å². The lowest BCUT2D eigenvalue weighted by Crippen LogP contribution is -2.20. The van der Waals surface area contributed by atoms with Crippen LogP contribution in [0.3, 0.4) is 0 Å². The molecule has 0 fully saturated rings. The van der Waals surface area contributed by atoms with E-state index < -0.39 is 9.84 Å². The molecule has 0 saturated heterocycles. The number of aromatic nitrogens is 1. The van der Waals surface area contributed by atoms with Crippen molar-refractivity contribution in [1.29, 1.82) is 0 Å². The van der Waals surface area contributed by atoms with E-state index in [0.29, 0.717) is 0 Å². The zero-order chi connectivity index (χ0) is 10.1. The fourth-order valence-electron chi connectivity index (χ4n) is 1.01. The minimum atomic E-state index is -3.18. The average molecular weight is 219 g/mol. The van der Waals surface area contributed by atoms with Gasteiger partial charge in [0.1, 0.15) is 0 Å². The molecule has 0 amide bonds. The van der Waals surface area contributed by atoms with Crippen molar-refractivity contribution >= 4 is 21.4 Å². The van der Waals surface area contributed by atoms with E-state index in [4.69, 9.17) is 0 Å². The number of hydrogen-bond acceptors (Lipinski definition) is 4. The van der Waals surface area contributed by atoms with Crippen LogP contribution in [0.25, 0.3) is 0 Å². The normalized spacial score (nSPS) is 13.2. The highest BCUT2D eigenvalue weighted by Gasteiger charge is 2.24. The van der Waals surface area contributed by atoms with Gasteiger partial charge in [0.15, 0.2) is 14.9 Å². The highest BCUT2D eigenvalue weighted by atomic mass is 32.2. The van der Waals surface area contributed by atoms with E-state index in [0.717, 1.165) is 11.5 Å². The Bertz CT molecular complexity index is 359. The molecule has 0 bridgehead atoms. The predicted octanol–water partition coefficient (Wildman–Crippen LogP) is 1.96. The van der Waals surface area contributed by atoms with Gasteiger partial charge in [-0.15, -0.1) is 0 Å². The van der Waals surface area contributed by atoms with Crippen LogP contribution in [0.1, 0.15) is 20.8 Å². The van der Waals surface area contributed by atoms with E-state index in [1.54, 1.807) is 11.4 Å². The Morgan fingerprint density at radius 2 is 2.08 bits per heavy atom. The van der Waals surface area contributed by atoms with Crippen LogP contribution in [0.4, 0.5) is 0 Å². The van der Waals surface area contributed by atoms with E-state index in [9.17, 15) is 8.42 Å². The van der Waals surface area contributed by atoms with E-state index >= 15 is 0 Å². The first kappa shape index (κ1) is 10.7. The molecule has 0 aromatic carbocycles. The molecule has 13 heavy (non-hydrogen) atoms. The molecule has 5 heteroatoms. The molecule has 0 atom stereocenters. The third-order valence-corrected chi connectivity index (χ3v) is 4.14. The van der Waals surface area contributed by atoms with Crippen LogP contribution in [0.15, 0.2) is 16.5 Å². The fourth-order valence-corrected chi connectivity index (χ4v) is 3.65. The summed E-state index contributed by atoms with van der Waals surface area (Å²) in [6, 6.07) is 1.55. The minimum Gasteiger partial charge on any atom is -0.222 e. The van der Waals surface area contributed by atoms with Gasteiger partial charge >= 0.3 is 0 Å². The molecule has 1 heterocycles. The Labute approximate surface area is 82.9 Å². The van der Waals surface area contributed by atoms with E-state index in [1.807, 2.05) is 20.8 Å². The molecule has 74 valence electrons. The molecule has 0 N–H and O–H groups in total. The van der Waals surface area contributed by atoms with Gasteiger partial charge in [0.25, 0.3) is 0 Å². The van der Waals surface area contributed by atoms with Gasteiger partial charge < -0.3 is 0 Å². The van der Waals surface area contributed by atoms with Gasteiger partial charge in [-0.25, -0.2) is 8.42 Å². The molecule has 3 nitrogen and oxygen atoms in total. The van der Waals surface area contributed by atoms with Crippen LogP contribution >= 0.6 is 11.5 Å². The third kappa shape index (κ3) is 3.08. The molecular formula is C8H13NO2S2. The summed E-state index contributed by atoms with van der Waals surface area (Å²) in [7, 11) is -3.18. The second-order valence-electron chi connectivity index (χ2n) is 4.16. The summed E-state index contributed by atoms with van der Waals surface area (Å²) >= 11 is 1.16. The van der Waals surface area contributed by atoms with Gasteiger partial charge in [0.2, 0.25) is 0 Å². The first-order chi connectivity index (χ1) is 5.81. The van der Waals surface area contributed by atoms with E-state index in [1.165, 1.54) is 0 Å². The third-order valence-electron chi connectivity index (χ3n) is 1.36. The van der Waals surface area contributed by atoms with Crippen molar-refractivity contribution in [2.75, 3.05) is 5.75 Å². The maximum Gasteiger partial charge on any atom is 0.197 e. The van der Waals surface area contributed by atoms with Crippen LogP contribution in [0.5, 0.6) is 0 Å². The largest absolute Gasteiger partial charge is 0.222 e. The van der Waals surface area contributed by atoms with Crippen LogP contribution in [0, 0.1) is 5.41 Å². The molecule has 0 spiro atoms. The summed E-state index contributed by atoms with van der Waals surface area (Å²) in [4.78, 5) is 0. The Morgan fingerprint density at radius 3 is 2.46 bits per heavy atom. The maximum absolute atomic E-state index is 11.7. The number of sulfone groups is 1. The zero-order valence-electron chi connectivity index (χ0n) is 7.94. The highest BCUT2D eigenvalue weighted by Crippen LogP contribution is 2.21. The molecule has 0 saturated carbocycles. The van der Waals surface area contributed by atoms with Crippen molar-refractivity contribution in [1.82, 2.24) is 4.37 Å². The Hall–Kier alpha value is -0.420. The van der Waals surface area contributed by atoms with Crippen molar-refractivity contribution in [3.63, 3.8) is 0 Å². The summed E-state index contributed by atoms with van der Waals surface area (Å²) in [5.41, 5.74) is -0.220. The van der Waals surface area contributed by atoms with Crippen molar-refractivity contribution in [2.45, 2.75) is 25.8 Å². The lowest BCUT2D eigenvalue weighted by molar-refractivity contribution is 0.461. The summed E-state index contributed by atoms with van der Waals surface area (Å²) < 4.78 is 27.1. The van der Waals surface area contributed by atoms with Crippen LogP contribution in [-0.2, 0) is 9.84 Å². The summed E-state index contributed by atoms with van der Waals surface area (Å²) in [5.74, 6) is 0.143. The Morgan fingerprint density at radius 1 is 1.46 bits per heavy atom. The lowest BCUT2D eigenvalue weighted by Gasteiger charge is -2.16. The molecule has 1 rings (SSSR count). The molecule has 0 aliphatic heterocycles. The SMILES string of the molecule is CC(C)(C)CS(=O)(=O)c1ccsn1. The van der Waals surface area contributed by atoms with Crippen LogP contribution < -0.4 is 0 Å². The Balaban J connectivity index is 2.93. The highest BCUT2D eigenvalue weighted by molar-refractivity contribution is 7.91. The van der Waals surface area contributed by atoms with Crippen LogP contribution in [-0.4, -0.2) is 18.5 Å². The van der Waals surface area contributed by atoms with Gasteiger partial charge in [-0.2, -0.15) is 4.37 Å². The molecule has 0 aliphatic carbocycles. The molecule has 0 radical (unpaired) electrons. The van der Waals surface area contributed by atoms with Gasteiger partial charge in [0.05, 0.1) is 5.75 Å². The lowest BCUT2D eigenvalue weighted by atomic mass is 10.0. The first-order valence-corrected chi connectivity index (χ1v) is 6.43. The summed E-state index contributed by atoms with van der Waals surface area (Å²) in [5, 5.41) is 1.88. The molecule has 1 aromatic heterocycles. The van der Waals surface area contributed by atoms with Crippen molar-refractivity contribution in [2.24, 2.45) is 5.41 Å². The second-order valence-corrected chi connectivity index (χ2v) is 6.76. The first-order valence-electron chi connectivity index (χ1n) is 3.94. The van der Waals surface area contributed by atoms with Gasteiger partial charge in [-0.3, -0.25) is 0 Å². The molecule has 1 aromatic rings. The quantitative estimate of drug-likeness (QED) is 0.764. The minimum absolute atomic E-state index is 0.143. The van der Waals surface area contributed by atoms with Gasteiger partial charge in [-0.05, 0) is 23.0 Å². The monoisotopic (exact) mass is 219 g/mol. The smallest absolute Gasteiger partial charge is 0.197 e. The maximum atomic E-state index is 11.7. The number of hydrogen-bond donors (Lipinski definition) is 0. The number of rotatable bonds is 2. The summed E-state index contributed by atoms with van der Waals surface area (Å²) in [6.45, 7) is 5.70. The Kier molecular flexibility index (Phi) is 2.77. The van der Waals surface area contributed by atoms with Crippen molar-refractivity contribution in [3.05, 3.63) is 11.4 Å². The van der Waals surface area contributed by atoms with E-state index in [-0.39, 0.29) is 16.2 Å². The average Bonchev–Trinajstić information content (AvgIpc) is 2.29. The predicted molar refractivity (Wildman–Crippen MR) is 53.6 cm³/mol. The second kappa shape index (κ2) is 3.38. The van der Waals surface area contributed by atoms with E-state index in [2.05, 4.69) is 4.37 Å². The zero-order valence-corrected chi connectivity index (χ0v) is 9.58. The fraction of sp³-hybridized carbons (Fsp3) is 0.625. The summed E-state index contributed by atoms with van der Waals surface area (Å²) in [6.07, 6.45) is 0. The molecule has 0 aliphatic rings.